The van der Waals surface area contributed by atoms with Gasteiger partial charge in [0.2, 0.25) is 0 Å². The van der Waals surface area contributed by atoms with Crippen LogP contribution in [0.1, 0.15) is 25.7 Å². The maximum Gasteiger partial charge on any atom is 0.0231 e. The normalized spacial score (nSPS) is 37.8. The highest BCUT2D eigenvalue weighted by molar-refractivity contribution is 8.07. The predicted molar refractivity (Wildman–Crippen MR) is 63.7 cm³/mol. The first-order valence-electron chi connectivity index (χ1n) is 4.76. The summed E-state index contributed by atoms with van der Waals surface area (Å²) < 4.78 is 0. The monoisotopic (exact) mass is 220 g/mol. The Morgan fingerprint density at radius 2 is 2.00 bits per heavy atom. The molecule has 3 heteroatoms. The number of thiol groups is 1. The molecule has 0 radical (unpaired) electrons. The molecule has 0 amide bonds. The minimum Gasteiger partial charge on any atom is -0.176 e. The van der Waals surface area contributed by atoms with Crippen molar-refractivity contribution in [2.75, 3.05) is 11.5 Å². The summed E-state index contributed by atoms with van der Waals surface area (Å²) in [6.45, 7) is 0. The summed E-state index contributed by atoms with van der Waals surface area (Å²) in [7, 11) is 0. The maximum atomic E-state index is 4.57. The van der Waals surface area contributed by atoms with Crippen molar-refractivity contribution >= 4 is 36.2 Å². The molecule has 2 rings (SSSR count). The van der Waals surface area contributed by atoms with Crippen molar-refractivity contribution in [2.45, 2.75) is 41.4 Å². The molecule has 2 atom stereocenters. The van der Waals surface area contributed by atoms with E-state index >= 15 is 0 Å². The highest BCUT2D eigenvalue weighted by Crippen LogP contribution is 2.38. The van der Waals surface area contributed by atoms with Crippen LogP contribution in [0.15, 0.2) is 0 Å². The zero-order valence-electron chi connectivity index (χ0n) is 7.24. The van der Waals surface area contributed by atoms with Crippen LogP contribution in [0.5, 0.6) is 0 Å². The van der Waals surface area contributed by atoms with Crippen molar-refractivity contribution in [1.82, 2.24) is 0 Å². The minimum absolute atomic E-state index is 0.698. The van der Waals surface area contributed by atoms with Crippen LogP contribution in [0.4, 0.5) is 0 Å². The lowest BCUT2D eigenvalue weighted by Crippen LogP contribution is -2.27. The number of hydrogen-bond donors (Lipinski definition) is 1. The van der Waals surface area contributed by atoms with Crippen LogP contribution < -0.4 is 0 Å². The fourth-order valence-electron chi connectivity index (χ4n) is 1.81. The SMILES string of the molecule is SC1CCCC(SC2CSC2)C1. The lowest BCUT2D eigenvalue weighted by atomic mass is 10.00. The van der Waals surface area contributed by atoms with Gasteiger partial charge in [-0.05, 0) is 19.3 Å². The molecule has 2 unspecified atom stereocenters. The molecule has 0 spiro atoms. The van der Waals surface area contributed by atoms with Crippen molar-refractivity contribution in [1.29, 1.82) is 0 Å². The first-order chi connectivity index (χ1) is 5.84. The molecule has 0 aromatic heterocycles. The van der Waals surface area contributed by atoms with Gasteiger partial charge in [0.1, 0.15) is 0 Å². The third-order valence-electron chi connectivity index (χ3n) is 2.59. The molecule has 12 heavy (non-hydrogen) atoms. The van der Waals surface area contributed by atoms with Crippen LogP contribution in [0.25, 0.3) is 0 Å². The predicted octanol–water partition coefficient (Wildman–Crippen LogP) is 3.08. The van der Waals surface area contributed by atoms with Crippen LogP contribution in [-0.4, -0.2) is 27.3 Å². The Morgan fingerprint density at radius 1 is 1.17 bits per heavy atom. The van der Waals surface area contributed by atoms with Crippen LogP contribution in [-0.2, 0) is 0 Å². The van der Waals surface area contributed by atoms with Gasteiger partial charge < -0.3 is 0 Å². The van der Waals surface area contributed by atoms with Gasteiger partial charge in [-0.1, -0.05) is 6.42 Å². The molecule has 1 aliphatic heterocycles. The summed E-state index contributed by atoms with van der Waals surface area (Å²) in [6, 6.07) is 0. The van der Waals surface area contributed by atoms with Crippen LogP contribution in [0, 0.1) is 0 Å². The van der Waals surface area contributed by atoms with E-state index < -0.39 is 0 Å². The molecule has 1 heterocycles. The second kappa shape index (κ2) is 4.52. The van der Waals surface area contributed by atoms with E-state index in [2.05, 4.69) is 36.2 Å². The lowest BCUT2D eigenvalue weighted by molar-refractivity contribution is 0.529. The van der Waals surface area contributed by atoms with E-state index in [0.717, 1.165) is 10.5 Å². The van der Waals surface area contributed by atoms with Crippen molar-refractivity contribution in [2.24, 2.45) is 0 Å². The standard InChI is InChI=1S/C9H16S3/c10-7-2-1-3-8(4-7)12-9-5-11-6-9/h7-10H,1-6H2. The second-order valence-corrected chi connectivity index (χ2v) is 7.15. The molecule has 1 saturated carbocycles. The van der Waals surface area contributed by atoms with Gasteiger partial charge in [-0.3, -0.25) is 0 Å². The zero-order valence-corrected chi connectivity index (χ0v) is 9.77. The molecule has 0 bridgehead atoms. The van der Waals surface area contributed by atoms with Gasteiger partial charge in [0.25, 0.3) is 0 Å². The number of thioether (sulfide) groups is 2. The average Bonchev–Trinajstić information content (AvgIpc) is 1.97. The molecule has 1 saturated heterocycles. The summed E-state index contributed by atoms with van der Waals surface area (Å²) in [5.41, 5.74) is 0. The molecule has 0 N–H and O–H groups in total. The van der Waals surface area contributed by atoms with Gasteiger partial charge in [-0.15, -0.1) is 0 Å². The summed E-state index contributed by atoms with van der Waals surface area (Å²) >= 11 is 8.91. The minimum atomic E-state index is 0.698. The van der Waals surface area contributed by atoms with Gasteiger partial charge in [-0.2, -0.15) is 36.2 Å². The molecule has 0 nitrogen and oxygen atoms in total. The van der Waals surface area contributed by atoms with Crippen molar-refractivity contribution in [3.8, 4) is 0 Å². The fourth-order valence-corrected chi connectivity index (χ4v) is 5.21. The van der Waals surface area contributed by atoms with Crippen molar-refractivity contribution < 1.29 is 0 Å². The Morgan fingerprint density at radius 3 is 2.58 bits per heavy atom. The molecular formula is C9H16S3. The fraction of sp³-hybridized carbons (Fsp3) is 1.00. The average molecular weight is 220 g/mol. The van der Waals surface area contributed by atoms with E-state index in [0.29, 0.717) is 5.25 Å². The summed E-state index contributed by atoms with van der Waals surface area (Å²) in [5.74, 6) is 2.80. The van der Waals surface area contributed by atoms with E-state index in [4.69, 9.17) is 0 Å². The Balaban J connectivity index is 1.71. The van der Waals surface area contributed by atoms with E-state index in [1.807, 2.05) is 0 Å². The molecule has 70 valence electrons. The van der Waals surface area contributed by atoms with Gasteiger partial charge in [0, 0.05) is 27.3 Å². The van der Waals surface area contributed by atoms with Crippen LogP contribution in [0.2, 0.25) is 0 Å². The third kappa shape index (κ3) is 2.52. The van der Waals surface area contributed by atoms with E-state index in [9.17, 15) is 0 Å². The Hall–Kier alpha value is 1.05. The lowest BCUT2D eigenvalue weighted by Gasteiger charge is -2.32. The molecular weight excluding hydrogens is 204 g/mol. The van der Waals surface area contributed by atoms with Gasteiger partial charge in [0.05, 0.1) is 0 Å². The Kier molecular flexibility index (Phi) is 3.61. The quantitative estimate of drug-likeness (QED) is 0.710. The van der Waals surface area contributed by atoms with Crippen molar-refractivity contribution in [3.05, 3.63) is 0 Å². The zero-order chi connectivity index (χ0) is 8.39. The first-order valence-corrected chi connectivity index (χ1v) is 7.37. The van der Waals surface area contributed by atoms with Crippen molar-refractivity contribution in [3.63, 3.8) is 0 Å². The topological polar surface area (TPSA) is 0 Å². The highest BCUT2D eigenvalue weighted by atomic mass is 32.2. The molecule has 1 aliphatic carbocycles. The van der Waals surface area contributed by atoms with E-state index in [-0.39, 0.29) is 0 Å². The third-order valence-corrected chi connectivity index (χ3v) is 6.29. The van der Waals surface area contributed by atoms with Gasteiger partial charge >= 0.3 is 0 Å². The molecule has 0 aromatic carbocycles. The smallest absolute Gasteiger partial charge is 0.0231 e. The maximum absolute atomic E-state index is 4.57. The Labute approximate surface area is 89.0 Å². The Bertz CT molecular complexity index is 145. The molecule has 2 aliphatic rings. The van der Waals surface area contributed by atoms with Gasteiger partial charge in [-0.25, -0.2) is 0 Å². The second-order valence-electron chi connectivity index (χ2n) is 3.74. The van der Waals surface area contributed by atoms with E-state index in [1.54, 1.807) is 0 Å². The molecule has 2 fully saturated rings. The summed E-state index contributed by atoms with van der Waals surface area (Å²) in [5, 5.41) is 2.62. The summed E-state index contributed by atoms with van der Waals surface area (Å²) in [4.78, 5) is 0. The van der Waals surface area contributed by atoms with Crippen LogP contribution >= 0.6 is 36.2 Å². The van der Waals surface area contributed by atoms with Crippen LogP contribution in [0.3, 0.4) is 0 Å². The number of hydrogen-bond acceptors (Lipinski definition) is 3. The highest BCUT2D eigenvalue weighted by Gasteiger charge is 2.26. The first kappa shape index (κ1) is 9.60. The van der Waals surface area contributed by atoms with Gasteiger partial charge in [0.15, 0.2) is 0 Å². The molecule has 0 aromatic rings. The van der Waals surface area contributed by atoms with E-state index in [1.165, 1.54) is 37.2 Å². The number of rotatable bonds is 2. The largest absolute Gasteiger partial charge is 0.176 e. The summed E-state index contributed by atoms with van der Waals surface area (Å²) in [6.07, 6.45) is 5.56.